The number of carboxylic acids is 1. The molecule has 0 saturated heterocycles. The van der Waals surface area contributed by atoms with Gasteiger partial charge in [-0.25, -0.2) is 0 Å². The topological polar surface area (TPSA) is 92.4 Å². The Labute approximate surface area is 147 Å². The largest absolute Gasteiger partial charge is 0.481 e. The Bertz CT molecular complexity index is 648. The Balaban J connectivity index is 1.47. The molecule has 4 aliphatic rings. The zero-order chi connectivity index (χ0) is 17.7. The van der Waals surface area contributed by atoms with Crippen molar-refractivity contribution >= 4 is 11.9 Å². The second kappa shape index (κ2) is 6.15. The van der Waals surface area contributed by atoms with Gasteiger partial charge in [-0.2, -0.15) is 0 Å². The number of carbonyl (C=O) groups excluding carboxylic acids is 1. The van der Waals surface area contributed by atoms with Crippen molar-refractivity contribution in [3.8, 4) is 0 Å². The minimum absolute atomic E-state index is 0.186. The van der Waals surface area contributed by atoms with Crippen LogP contribution in [0.4, 0.5) is 0 Å². The van der Waals surface area contributed by atoms with Crippen LogP contribution in [-0.4, -0.2) is 28.7 Å². The summed E-state index contributed by atoms with van der Waals surface area (Å²) >= 11 is 0. The average Bonchev–Trinajstić information content (AvgIpc) is 2.87. The predicted octanol–water partition coefficient (Wildman–Crippen LogP) is 2.79. The molecule has 1 aromatic heterocycles. The van der Waals surface area contributed by atoms with Gasteiger partial charge in [0.15, 0.2) is 0 Å². The Morgan fingerprint density at radius 2 is 1.76 bits per heavy atom. The van der Waals surface area contributed by atoms with Crippen molar-refractivity contribution in [2.24, 2.45) is 35.5 Å². The van der Waals surface area contributed by atoms with Gasteiger partial charge < -0.3 is 14.9 Å². The lowest BCUT2D eigenvalue weighted by atomic mass is 9.49. The van der Waals surface area contributed by atoms with Crippen LogP contribution in [0.1, 0.15) is 53.9 Å². The predicted molar refractivity (Wildman–Crippen MR) is 90.0 cm³/mol. The monoisotopic (exact) mass is 346 g/mol. The molecule has 1 unspecified atom stereocenters. The van der Waals surface area contributed by atoms with E-state index in [1.807, 2.05) is 0 Å². The minimum atomic E-state index is -0.781. The highest BCUT2D eigenvalue weighted by Gasteiger charge is 2.51. The number of carboxylic acid groups (broad SMARTS) is 1. The second-order valence-electron chi connectivity index (χ2n) is 8.36. The molecule has 5 rings (SSSR count). The zero-order valence-corrected chi connectivity index (χ0v) is 14.8. The summed E-state index contributed by atoms with van der Waals surface area (Å²) in [4.78, 5) is 24.4. The molecule has 2 N–H and O–H groups in total. The van der Waals surface area contributed by atoms with Gasteiger partial charge in [-0.1, -0.05) is 5.16 Å². The standard InChI is InChI=1S/C19H26N2O4/c1-9-16(10(2)25-21-9)18(22)20-8-15(19(23)24)17-13-4-11-3-12(6-13)7-14(17)5-11/h11-15,17H,3-8H2,1-2H3,(H,20,22)(H,23,24). The van der Waals surface area contributed by atoms with E-state index < -0.39 is 11.9 Å². The van der Waals surface area contributed by atoms with Crippen LogP contribution in [0.3, 0.4) is 0 Å². The van der Waals surface area contributed by atoms with Crippen LogP contribution in [0.25, 0.3) is 0 Å². The summed E-state index contributed by atoms with van der Waals surface area (Å²) in [6, 6.07) is 0. The van der Waals surface area contributed by atoms with E-state index in [1.165, 1.54) is 32.1 Å². The van der Waals surface area contributed by atoms with Crippen LogP contribution in [0.5, 0.6) is 0 Å². The number of aromatic nitrogens is 1. The van der Waals surface area contributed by atoms with E-state index >= 15 is 0 Å². The number of nitrogens with one attached hydrogen (secondary N) is 1. The Kier molecular flexibility index (Phi) is 4.08. The highest BCUT2D eigenvalue weighted by Crippen LogP contribution is 2.58. The highest BCUT2D eigenvalue weighted by atomic mass is 16.5. The molecule has 136 valence electrons. The van der Waals surface area contributed by atoms with Gasteiger partial charge in [0.2, 0.25) is 0 Å². The molecule has 4 fully saturated rings. The van der Waals surface area contributed by atoms with Crippen molar-refractivity contribution in [2.75, 3.05) is 6.54 Å². The van der Waals surface area contributed by atoms with E-state index in [0.29, 0.717) is 28.9 Å². The summed E-state index contributed by atoms with van der Waals surface area (Å²) in [6.45, 7) is 3.60. The molecule has 6 heteroatoms. The molecular weight excluding hydrogens is 320 g/mol. The summed E-state index contributed by atoms with van der Waals surface area (Å²) < 4.78 is 5.04. The van der Waals surface area contributed by atoms with Crippen molar-refractivity contribution in [1.82, 2.24) is 10.5 Å². The summed E-state index contributed by atoms with van der Waals surface area (Å²) in [5.74, 6) is 1.77. The van der Waals surface area contributed by atoms with Crippen LogP contribution in [0.15, 0.2) is 4.52 Å². The molecule has 1 amide bonds. The number of amides is 1. The fourth-order valence-electron chi connectivity index (χ4n) is 6.11. The lowest BCUT2D eigenvalue weighted by Gasteiger charge is -2.55. The number of hydrogen-bond donors (Lipinski definition) is 2. The number of nitrogens with zero attached hydrogens (tertiary/aromatic N) is 1. The first-order valence-corrected chi connectivity index (χ1v) is 9.38. The van der Waals surface area contributed by atoms with Crippen LogP contribution >= 0.6 is 0 Å². The van der Waals surface area contributed by atoms with Crippen molar-refractivity contribution < 1.29 is 19.2 Å². The fourth-order valence-corrected chi connectivity index (χ4v) is 6.11. The fraction of sp³-hybridized carbons (Fsp3) is 0.737. The Morgan fingerprint density at radius 3 is 2.24 bits per heavy atom. The molecule has 1 heterocycles. The van der Waals surface area contributed by atoms with Crippen molar-refractivity contribution in [1.29, 1.82) is 0 Å². The summed E-state index contributed by atoms with van der Waals surface area (Å²) in [6.07, 6.45) is 6.07. The molecule has 1 atom stereocenters. The number of rotatable bonds is 5. The molecule has 0 radical (unpaired) electrons. The molecule has 25 heavy (non-hydrogen) atoms. The molecule has 0 aliphatic heterocycles. The van der Waals surface area contributed by atoms with Crippen molar-refractivity contribution in [3.63, 3.8) is 0 Å². The van der Waals surface area contributed by atoms with Crippen LogP contribution in [0.2, 0.25) is 0 Å². The first-order chi connectivity index (χ1) is 11.9. The summed E-state index contributed by atoms with van der Waals surface area (Å²) in [7, 11) is 0. The van der Waals surface area contributed by atoms with Crippen LogP contribution in [0, 0.1) is 49.4 Å². The van der Waals surface area contributed by atoms with Crippen molar-refractivity contribution in [3.05, 3.63) is 17.0 Å². The number of hydrogen-bond acceptors (Lipinski definition) is 4. The third-order valence-corrected chi connectivity index (χ3v) is 6.82. The summed E-state index contributed by atoms with van der Waals surface area (Å²) in [5, 5.41) is 16.5. The van der Waals surface area contributed by atoms with Crippen LogP contribution < -0.4 is 5.32 Å². The van der Waals surface area contributed by atoms with Gasteiger partial charge >= 0.3 is 5.97 Å². The maximum atomic E-state index is 12.5. The third-order valence-electron chi connectivity index (χ3n) is 6.82. The van der Waals surface area contributed by atoms with E-state index in [0.717, 1.165) is 11.8 Å². The molecule has 6 nitrogen and oxygen atoms in total. The van der Waals surface area contributed by atoms with E-state index in [2.05, 4.69) is 10.5 Å². The zero-order valence-electron chi connectivity index (χ0n) is 14.8. The molecular formula is C19H26N2O4. The average molecular weight is 346 g/mol. The quantitative estimate of drug-likeness (QED) is 0.855. The van der Waals surface area contributed by atoms with Gasteiger partial charge in [0.05, 0.1) is 11.6 Å². The van der Waals surface area contributed by atoms with Crippen molar-refractivity contribution in [2.45, 2.75) is 46.0 Å². The van der Waals surface area contributed by atoms with Gasteiger partial charge in [0, 0.05) is 6.54 Å². The molecule has 4 saturated carbocycles. The maximum absolute atomic E-state index is 12.5. The van der Waals surface area contributed by atoms with E-state index in [-0.39, 0.29) is 18.4 Å². The van der Waals surface area contributed by atoms with Gasteiger partial charge in [-0.15, -0.1) is 0 Å². The molecule has 4 bridgehead atoms. The molecule has 0 aromatic carbocycles. The SMILES string of the molecule is Cc1noc(C)c1C(=O)NCC(C(=O)O)C1C2CC3CC(C2)CC1C3. The number of aliphatic carboxylic acids is 1. The molecule has 4 aliphatic carbocycles. The third kappa shape index (κ3) is 2.85. The molecule has 1 aromatic rings. The minimum Gasteiger partial charge on any atom is -0.481 e. The van der Waals surface area contributed by atoms with Gasteiger partial charge in [0.25, 0.3) is 5.91 Å². The molecule has 0 spiro atoms. The second-order valence-corrected chi connectivity index (χ2v) is 8.36. The van der Waals surface area contributed by atoms with E-state index in [1.54, 1.807) is 13.8 Å². The normalized spacial score (nSPS) is 34.1. The van der Waals surface area contributed by atoms with E-state index in [4.69, 9.17) is 4.52 Å². The number of aryl methyl sites for hydroxylation is 2. The van der Waals surface area contributed by atoms with E-state index in [9.17, 15) is 14.7 Å². The van der Waals surface area contributed by atoms with Crippen LogP contribution in [-0.2, 0) is 4.79 Å². The van der Waals surface area contributed by atoms with Gasteiger partial charge in [0.1, 0.15) is 11.3 Å². The highest BCUT2D eigenvalue weighted by molar-refractivity contribution is 5.96. The summed E-state index contributed by atoms with van der Waals surface area (Å²) in [5.41, 5.74) is 0.964. The Hall–Kier alpha value is -1.85. The smallest absolute Gasteiger partial charge is 0.308 e. The lowest BCUT2D eigenvalue weighted by molar-refractivity contribution is -0.150. The lowest BCUT2D eigenvalue weighted by Crippen LogP contribution is -2.51. The first-order valence-electron chi connectivity index (χ1n) is 9.38. The first kappa shape index (κ1) is 16.6. The number of carbonyl (C=O) groups is 2. The Morgan fingerprint density at radius 1 is 1.16 bits per heavy atom. The van der Waals surface area contributed by atoms with Gasteiger partial charge in [-0.05, 0) is 75.5 Å². The van der Waals surface area contributed by atoms with Gasteiger partial charge in [-0.3, -0.25) is 9.59 Å². The maximum Gasteiger partial charge on any atom is 0.308 e.